The summed E-state index contributed by atoms with van der Waals surface area (Å²) in [6.45, 7) is 7.79. The maximum Gasteiger partial charge on any atom is 0.253 e. The molecule has 2 unspecified atom stereocenters. The summed E-state index contributed by atoms with van der Waals surface area (Å²) >= 11 is 0. The van der Waals surface area contributed by atoms with Crippen molar-refractivity contribution in [2.75, 3.05) is 13.2 Å². The van der Waals surface area contributed by atoms with Gasteiger partial charge in [0.25, 0.3) is 5.91 Å². The Bertz CT molecular complexity index is 712. The van der Waals surface area contributed by atoms with E-state index in [4.69, 9.17) is 4.74 Å². The summed E-state index contributed by atoms with van der Waals surface area (Å²) in [5, 5.41) is 10.8. The van der Waals surface area contributed by atoms with E-state index in [0.29, 0.717) is 23.9 Å². The lowest BCUT2D eigenvalue weighted by molar-refractivity contribution is -0.0510. The summed E-state index contributed by atoms with van der Waals surface area (Å²) in [5.74, 6) is 0.745. The fraction of sp³-hybridized carbons (Fsp3) is 0.526. The quantitative estimate of drug-likeness (QED) is 0.907. The number of aromatic nitrogens is 3. The third kappa shape index (κ3) is 4.07. The lowest BCUT2D eigenvalue weighted by atomic mass is 9.87. The van der Waals surface area contributed by atoms with Gasteiger partial charge in [-0.05, 0) is 37.8 Å². The predicted molar refractivity (Wildman–Crippen MR) is 95.7 cm³/mol. The Balaban J connectivity index is 1.74. The molecule has 0 spiro atoms. The highest BCUT2D eigenvalue weighted by atomic mass is 16.5. The number of hydrogen-bond acceptors (Lipinski definition) is 4. The van der Waals surface area contributed by atoms with E-state index in [-0.39, 0.29) is 12.0 Å². The van der Waals surface area contributed by atoms with Crippen LogP contribution in [0.15, 0.2) is 30.9 Å². The van der Waals surface area contributed by atoms with Crippen molar-refractivity contribution >= 4 is 5.91 Å². The second kappa shape index (κ2) is 7.78. The Labute approximate surface area is 148 Å². The summed E-state index contributed by atoms with van der Waals surface area (Å²) in [6, 6.07) is 5.81. The molecule has 6 nitrogen and oxygen atoms in total. The molecule has 1 aromatic carbocycles. The van der Waals surface area contributed by atoms with Crippen molar-refractivity contribution in [3.63, 3.8) is 0 Å². The van der Waals surface area contributed by atoms with Gasteiger partial charge in [-0.1, -0.05) is 25.5 Å². The standard InChI is InChI=1S/C19H26N4O2/c1-13(2)18-15(5-4-8-25-18)10-20-19(24)16-9-14(3)6-7-17(16)23-11-21-22-12-23/h6-7,9,11-13,15,18H,4-5,8,10H2,1-3H3,(H,20,24). The van der Waals surface area contributed by atoms with Gasteiger partial charge in [-0.25, -0.2) is 0 Å². The molecule has 1 aliphatic rings. The third-order valence-electron chi connectivity index (χ3n) is 4.77. The first-order valence-electron chi connectivity index (χ1n) is 8.91. The molecule has 2 aromatic rings. The average molecular weight is 342 g/mol. The SMILES string of the molecule is Cc1ccc(-n2cnnc2)c(C(=O)NCC2CCCOC2C(C)C)c1. The Morgan fingerprint density at radius 3 is 2.84 bits per heavy atom. The molecule has 2 atom stereocenters. The number of hydrogen-bond donors (Lipinski definition) is 1. The summed E-state index contributed by atoms with van der Waals surface area (Å²) in [6.07, 6.45) is 5.56. The van der Waals surface area contributed by atoms with Crippen molar-refractivity contribution in [1.82, 2.24) is 20.1 Å². The average Bonchev–Trinajstić information content (AvgIpc) is 3.14. The number of benzene rings is 1. The summed E-state index contributed by atoms with van der Waals surface area (Å²) in [7, 11) is 0. The minimum Gasteiger partial charge on any atom is -0.378 e. The van der Waals surface area contributed by atoms with Crippen LogP contribution in [0.4, 0.5) is 0 Å². The molecule has 0 saturated carbocycles. The molecule has 25 heavy (non-hydrogen) atoms. The van der Waals surface area contributed by atoms with Crippen LogP contribution < -0.4 is 5.32 Å². The minimum atomic E-state index is -0.0690. The number of ether oxygens (including phenoxy) is 1. The fourth-order valence-corrected chi connectivity index (χ4v) is 3.52. The van der Waals surface area contributed by atoms with Gasteiger partial charge in [-0.3, -0.25) is 9.36 Å². The van der Waals surface area contributed by atoms with Crippen molar-refractivity contribution in [1.29, 1.82) is 0 Å². The molecule has 1 saturated heterocycles. The van der Waals surface area contributed by atoms with Crippen LogP contribution in [-0.2, 0) is 4.74 Å². The molecular formula is C19H26N4O2. The molecule has 2 heterocycles. The molecule has 0 bridgehead atoms. The smallest absolute Gasteiger partial charge is 0.253 e. The van der Waals surface area contributed by atoms with Gasteiger partial charge in [0.2, 0.25) is 0 Å². The lowest BCUT2D eigenvalue weighted by Crippen LogP contribution is -2.41. The van der Waals surface area contributed by atoms with Crippen LogP contribution in [-0.4, -0.2) is 39.9 Å². The summed E-state index contributed by atoms with van der Waals surface area (Å²) in [5.41, 5.74) is 2.47. The molecule has 6 heteroatoms. The molecule has 1 N–H and O–H groups in total. The first kappa shape index (κ1) is 17.6. The van der Waals surface area contributed by atoms with Crippen molar-refractivity contribution in [2.24, 2.45) is 11.8 Å². The number of nitrogens with zero attached hydrogens (tertiary/aromatic N) is 3. The fourth-order valence-electron chi connectivity index (χ4n) is 3.52. The Kier molecular flexibility index (Phi) is 5.48. The highest BCUT2D eigenvalue weighted by molar-refractivity contribution is 5.98. The number of rotatable bonds is 5. The predicted octanol–water partition coefficient (Wildman–Crippen LogP) is 2.76. The largest absolute Gasteiger partial charge is 0.378 e. The van der Waals surface area contributed by atoms with Gasteiger partial charge in [0, 0.05) is 19.1 Å². The number of aryl methyl sites for hydroxylation is 1. The number of amides is 1. The molecule has 134 valence electrons. The first-order valence-corrected chi connectivity index (χ1v) is 8.91. The van der Waals surface area contributed by atoms with E-state index in [9.17, 15) is 4.79 Å². The summed E-state index contributed by atoms with van der Waals surface area (Å²) in [4.78, 5) is 12.8. The minimum absolute atomic E-state index is 0.0690. The number of carbonyl (C=O) groups excluding carboxylic acids is 1. The van der Waals surface area contributed by atoms with E-state index >= 15 is 0 Å². The molecule has 1 fully saturated rings. The highest BCUT2D eigenvalue weighted by Crippen LogP contribution is 2.26. The van der Waals surface area contributed by atoms with Gasteiger partial charge in [-0.2, -0.15) is 0 Å². The van der Waals surface area contributed by atoms with Gasteiger partial charge in [0.05, 0.1) is 17.4 Å². The maximum absolute atomic E-state index is 12.8. The molecule has 0 aliphatic carbocycles. The summed E-state index contributed by atoms with van der Waals surface area (Å²) < 4.78 is 7.68. The van der Waals surface area contributed by atoms with Gasteiger partial charge < -0.3 is 10.1 Å². The normalized spacial score (nSPS) is 20.6. The van der Waals surface area contributed by atoms with Crippen LogP contribution in [0, 0.1) is 18.8 Å². The molecule has 1 aliphatic heterocycles. The molecule has 1 aromatic heterocycles. The van der Waals surface area contributed by atoms with E-state index in [1.165, 1.54) is 0 Å². The van der Waals surface area contributed by atoms with Crippen molar-refractivity contribution in [2.45, 2.75) is 39.7 Å². The second-order valence-corrected chi connectivity index (χ2v) is 7.08. The monoisotopic (exact) mass is 342 g/mol. The highest BCUT2D eigenvalue weighted by Gasteiger charge is 2.29. The molecule has 1 amide bonds. The lowest BCUT2D eigenvalue weighted by Gasteiger charge is -2.34. The Morgan fingerprint density at radius 1 is 1.36 bits per heavy atom. The molecule has 0 radical (unpaired) electrons. The second-order valence-electron chi connectivity index (χ2n) is 7.08. The van der Waals surface area contributed by atoms with Crippen LogP contribution in [0.25, 0.3) is 5.69 Å². The van der Waals surface area contributed by atoms with E-state index in [2.05, 4.69) is 29.4 Å². The zero-order chi connectivity index (χ0) is 17.8. The van der Waals surface area contributed by atoms with Crippen LogP contribution in [0.3, 0.4) is 0 Å². The van der Waals surface area contributed by atoms with Gasteiger partial charge in [0.15, 0.2) is 0 Å². The van der Waals surface area contributed by atoms with Crippen LogP contribution >= 0.6 is 0 Å². The van der Waals surface area contributed by atoms with E-state index in [1.807, 2.05) is 25.1 Å². The van der Waals surface area contributed by atoms with Crippen LogP contribution in [0.2, 0.25) is 0 Å². The van der Waals surface area contributed by atoms with Gasteiger partial charge in [0.1, 0.15) is 12.7 Å². The van der Waals surface area contributed by atoms with Crippen LogP contribution in [0.5, 0.6) is 0 Å². The Hall–Kier alpha value is -2.21. The molecule has 3 rings (SSSR count). The van der Waals surface area contributed by atoms with E-state index in [0.717, 1.165) is 30.7 Å². The first-order chi connectivity index (χ1) is 12.1. The zero-order valence-electron chi connectivity index (χ0n) is 15.1. The topological polar surface area (TPSA) is 69.0 Å². The van der Waals surface area contributed by atoms with Crippen LogP contribution in [0.1, 0.15) is 42.6 Å². The van der Waals surface area contributed by atoms with Crippen molar-refractivity contribution < 1.29 is 9.53 Å². The van der Waals surface area contributed by atoms with Crippen molar-refractivity contribution in [3.05, 3.63) is 42.0 Å². The van der Waals surface area contributed by atoms with Gasteiger partial charge in [-0.15, -0.1) is 10.2 Å². The zero-order valence-corrected chi connectivity index (χ0v) is 15.1. The van der Waals surface area contributed by atoms with Crippen molar-refractivity contribution in [3.8, 4) is 5.69 Å². The van der Waals surface area contributed by atoms with Gasteiger partial charge >= 0.3 is 0 Å². The Morgan fingerprint density at radius 2 is 2.12 bits per heavy atom. The number of carbonyl (C=O) groups is 1. The van der Waals surface area contributed by atoms with E-state index in [1.54, 1.807) is 17.2 Å². The number of nitrogens with one attached hydrogen (secondary N) is 1. The molecular weight excluding hydrogens is 316 g/mol. The maximum atomic E-state index is 12.8. The van der Waals surface area contributed by atoms with E-state index < -0.39 is 0 Å². The third-order valence-corrected chi connectivity index (χ3v) is 4.77.